The summed E-state index contributed by atoms with van der Waals surface area (Å²) < 4.78 is 0. The third-order valence-electron chi connectivity index (χ3n) is 3.49. The van der Waals surface area contributed by atoms with Crippen LogP contribution in [0.5, 0.6) is 0 Å². The fourth-order valence-electron chi connectivity index (χ4n) is 2.47. The van der Waals surface area contributed by atoms with E-state index in [0.717, 1.165) is 11.1 Å². The predicted octanol–water partition coefficient (Wildman–Crippen LogP) is 2.53. The number of hydrogen-bond acceptors (Lipinski definition) is 2. The molecule has 0 heterocycles. The topological polar surface area (TPSA) is 54.4 Å². The van der Waals surface area contributed by atoms with Crippen LogP contribution in [0.3, 0.4) is 0 Å². The van der Waals surface area contributed by atoms with E-state index in [2.05, 4.69) is 0 Å². The highest BCUT2D eigenvalue weighted by atomic mass is 16.4. The maximum absolute atomic E-state index is 11.5. The predicted molar refractivity (Wildman–Crippen MR) is 63.9 cm³/mol. The summed E-state index contributed by atoms with van der Waals surface area (Å²) in [7, 11) is 0. The van der Waals surface area contributed by atoms with Gasteiger partial charge in [-0.05, 0) is 18.9 Å². The van der Waals surface area contributed by atoms with Crippen molar-refractivity contribution in [1.82, 2.24) is 0 Å². The molecule has 1 N–H and O–H groups in total. The van der Waals surface area contributed by atoms with Crippen molar-refractivity contribution in [2.45, 2.75) is 32.1 Å². The molecule has 0 bridgehead atoms. The van der Waals surface area contributed by atoms with Gasteiger partial charge in [0.05, 0.1) is 5.92 Å². The molecule has 0 aliphatic heterocycles. The molecule has 0 unspecified atom stereocenters. The highest BCUT2D eigenvalue weighted by Crippen LogP contribution is 2.36. The summed E-state index contributed by atoms with van der Waals surface area (Å²) in [5.74, 6) is -1.19. The van der Waals surface area contributed by atoms with Crippen LogP contribution in [0.15, 0.2) is 24.3 Å². The van der Waals surface area contributed by atoms with Crippen LogP contribution in [0.1, 0.15) is 36.3 Å². The van der Waals surface area contributed by atoms with Crippen molar-refractivity contribution in [2.75, 3.05) is 0 Å². The summed E-state index contributed by atoms with van der Waals surface area (Å²) in [5, 5.41) is 9.20. The average Bonchev–Trinajstić information content (AvgIpc) is 2.29. The zero-order valence-corrected chi connectivity index (χ0v) is 9.85. The number of carboxylic acid groups (broad SMARTS) is 1. The number of carboxylic acids is 1. The number of aliphatic carboxylic acids is 1. The quantitative estimate of drug-likeness (QED) is 0.852. The van der Waals surface area contributed by atoms with Crippen molar-refractivity contribution in [3.05, 3.63) is 35.4 Å². The highest BCUT2D eigenvalue weighted by molar-refractivity contribution is 5.83. The van der Waals surface area contributed by atoms with Crippen molar-refractivity contribution < 1.29 is 14.7 Å². The van der Waals surface area contributed by atoms with Gasteiger partial charge >= 0.3 is 5.97 Å². The molecule has 90 valence electrons. The first kappa shape index (κ1) is 11.8. The van der Waals surface area contributed by atoms with Crippen LogP contribution >= 0.6 is 0 Å². The van der Waals surface area contributed by atoms with E-state index >= 15 is 0 Å². The maximum atomic E-state index is 11.5. The molecular weight excluding hydrogens is 216 g/mol. The number of carbonyl (C=O) groups is 2. The van der Waals surface area contributed by atoms with E-state index in [-0.39, 0.29) is 11.7 Å². The Balaban J connectivity index is 2.28. The van der Waals surface area contributed by atoms with Gasteiger partial charge in [0.1, 0.15) is 5.78 Å². The normalized spacial score (nSPS) is 24.6. The Kier molecular flexibility index (Phi) is 3.27. The molecule has 17 heavy (non-hydrogen) atoms. The van der Waals surface area contributed by atoms with Crippen molar-refractivity contribution in [1.29, 1.82) is 0 Å². The fraction of sp³-hybridized carbons (Fsp3) is 0.429. The second-order valence-corrected chi connectivity index (χ2v) is 4.74. The molecule has 0 amide bonds. The van der Waals surface area contributed by atoms with Crippen LogP contribution in [0.4, 0.5) is 0 Å². The van der Waals surface area contributed by atoms with E-state index in [9.17, 15) is 14.7 Å². The SMILES string of the molecule is Cc1ccc([C@@H]2CC(=O)CC[C@H]2C(=O)O)cc1. The van der Waals surface area contributed by atoms with Crippen LogP contribution < -0.4 is 0 Å². The van der Waals surface area contributed by atoms with Crippen LogP contribution in [0.25, 0.3) is 0 Å². The van der Waals surface area contributed by atoms with Gasteiger partial charge in [0.15, 0.2) is 0 Å². The van der Waals surface area contributed by atoms with E-state index in [4.69, 9.17) is 0 Å². The molecule has 3 nitrogen and oxygen atoms in total. The third kappa shape index (κ3) is 2.54. The first-order valence-corrected chi connectivity index (χ1v) is 5.89. The van der Waals surface area contributed by atoms with Crippen molar-refractivity contribution >= 4 is 11.8 Å². The second-order valence-electron chi connectivity index (χ2n) is 4.74. The van der Waals surface area contributed by atoms with E-state index in [0.29, 0.717) is 19.3 Å². The number of carbonyl (C=O) groups excluding carboxylic acids is 1. The van der Waals surface area contributed by atoms with Gasteiger partial charge in [-0.25, -0.2) is 0 Å². The number of Topliss-reactive ketones (excluding diaryl/α,β-unsaturated/α-hetero) is 1. The maximum Gasteiger partial charge on any atom is 0.307 e. The van der Waals surface area contributed by atoms with Gasteiger partial charge in [-0.15, -0.1) is 0 Å². The molecule has 1 aliphatic carbocycles. The van der Waals surface area contributed by atoms with Gasteiger partial charge in [0.2, 0.25) is 0 Å². The molecule has 1 saturated carbocycles. The van der Waals surface area contributed by atoms with Gasteiger partial charge in [-0.3, -0.25) is 9.59 Å². The molecule has 2 atom stereocenters. The lowest BCUT2D eigenvalue weighted by atomic mass is 9.75. The van der Waals surface area contributed by atoms with E-state index in [1.54, 1.807) is 0 Å². The largest absolute Gasteiger partial charge is 0.481 e. The summed E-state index contributed by atoms with van der Waals surface area (Å²) in [5.41, 5.74) is 2.11. The van der Waals surface area contributed by atoms with Crippen LogP contribution in [-0.4, -0.2) is 16.9 Å². The third-order valence-corrected chi connectivity index (χ3v) is 3.49. The van der Waals surface area contributed by atoms with Crippen LogP contribution in [0.2, 0.25) is 0 Å². The summed E-state index contributed by atoms with van der Waals surface area (Å²) in [6.45, 7) is 1.99. The fourth-order valence-corrected chi connectivity index (χ4v) is 2.47. The average molecular weight is 232 g/mol. The Morgan fingerprint density at radius 2 is 1.94 bits per heavy atom. The first-order valence-electron chi connectivity index (χ1n) is 5.89. The van der Waals surface area contributed by atoms with E-state index < -0.39 is 11.9 Å². The minimum absolute atomic E-state index is 0.158. The van der Waals surface area contributed by atoms with Crippen molar-refractivity contribution in [3.63, 3.8) is 0 Å². The molecule has 1 aromatic rings. The first-order chi connectivity index (χ1) is 8.08. The Labute approximate surface area is 100 Å². The lowest BCUT2D eigenvalue weighted by Gasteiger charge is -2.28. The highest BCUT2D eigenvalue weighted by Gasteiger charge is 2.34. The molecule has 0 spiro atoms. The number of benzene rings is 1. The van der Waals surface area contributed by atoms with Gasteiger partial charge < -0.3 is 5.11 Å². The Morgan fingerprint density at radius 3 is 2.53 bits per heavy atom. The van der Waals surface area contributed by atoms with Crippen LogP contribution in [-0.2, 0) is 9.59 Å². The Hall–Kier alpha value is -1.64. The van der Waals surface area contributed by atoms with Crippen molar-refractivity contribution in [2.24, 2.45) is 5.92 Å². The smallest absolute Gasteiger partial charge is 0.307 e. The monoisotopic (exact) mass is 232 g/mol. The molecule has 1 aromatic carbocycles. The van der Waals surface area contributed by atoms with E-state index in [1.165, 1.54) is 0 Å². The molecule has 1 aliphatic rings. The number of aryl methyl sites for hydroxylation is 1. The number of hydrogen-bond donors (Lipinski definition) is 1. The Bertz CT molecular complexity index is 433. The zero-order chi connectivity index (χ0) is 12.4. The molecule has 3 heteroatoms. The number of rotatable bonds is 2. The van der Waals surface area contributed by atoms with Gasteiger partial charge in [0.25, 0.3) is 0 Å². The van der Waals surface area contributed by atoms with Gasteiger partial charge in [-0.1, -0.05) is 29.8 Å². The minimum Gasteiger partial charge on any atom is -0.481 e. The minimum atomic E-state index is -0.789. The van der Waals surface area contributed by atoms with E-state index in [1.807, 2.05) is 31.2 Å². The summed E-state index contributed by atoms with van der Waals surface area (Å²) in [6.07, 6.45) is 1.23. The molecule has 0 aromatic heterocycles. The van der Waals surface area contributed by atoms with Gasteiger partial charge in [-0.2, -0.15) is 0 Å². The molecule has 1 fully saturated rings. The lowest BCUT2D eigenvalue weighted by molar-refractivity contribution is -0.144. The van der Waals surface area contributed by atoms with Gasteiger partial charge in [0, 0.05) is 18.8 Å². The number of ketones is 1. The molecular formula is C14H16O3. The molecule has 0 saturated heterocycles. The second kappa shape index (κ2) is 4.70. The zero-order valence-electron chi connectivity index (χ0n) is 9.85. The molecule has 0 radical (unpaired) electrons. The van der Waals surface area contributed by atoms with Crippen LogP contribution in [0, 0.1) is 12.8 Å². The molecule has 2 rings (SSSR count). The standard InChI is InChI=1S/C14H16O3/c1-9-2-4-10(5-3-9)13-8-11(15)6-7-12(13)14(16)17/h2-5,12-13H,6-8H2,1H3,(H,16,17)/t12-,13+/m1/s1. The summed E-state index contributed by atoms with van der Waals surface area (Å²) in [6, 6.07) is 7.81. The summed E-state index contributed by atoms with van der Waals surface area (Å²) >= 11 is 0. The summed E-state index contributed by atoms with van der Waals surface area (Å²) in [4.78, 5) is 22.7. The Morgan fingerprint density at radius 1 is 1.29 bits per heavy atom. The van der Waals surface area contributed by atoms with Crippen molar-refractivity contribution in [3.8, 4) is 0 Å². The lowest BCUT2D eigenvalue weighted by Crippen LogP contribution is -2.29.